The molecule has 0 aliphatic carbocycles. The average molecular weight is 367 g/mol. The number of esters is 1. The van der Waals surface area contributed by atoms with Crippen LogP contribution in [-0.4, -0.2) is 32.1 Å². The SMILES string of the molecule is COCc1c(C(=O)N[C@@H](Cc2ccccc2)C(=O)OC)oc2ccccc12. The Morgan fingerprint density at radius 2 is 1.74 bits per heavy atom. The first-order valence-corrected chi connectivity index (χ1v) is 8.56. The van der Waals surface area contributed by atoms with E-state index in [4.69, 9.17) is 13.9 Å². The van der Waals surface area contributed by atoms with Crippen molar-refractivity contribution in [2.45, 2.75) is 19.1 Å². The average Bonchev–Trinajstić information content (AvgIpc) is 3.07. The van der Waals surface area contributed by atoms with Crippen LogP contribution in [0.1, 0.15) is 21.7 Å². The Balaban J connectivity index is 1.88. The summed E-state index contributed by atoms with van der Waals surface area (Å²) in [6.45, 7) is 0.224. The molecule has 0 saturated heterocycles. The number of carbonyl (C=O) groups is 2. The molecule has 0 unspecified atom stereocenters. The van der Waals surface area contributed by atoms with Crippen molar-refractivity contribution in [2.24, 2.45) is 0 Å². The Labute approximate surface area is 157 Å². The minimum absolute atomic E-state index is 0.139. The Hall–Kier alpha value is -3.12. The van der Waals surface area contributed by atoms with Crippen LogP contribution in [0.25, 0.3) is 11.0 Å². The van der Waals surface area contributed by atoms with Gasteiger partial charge in [-0.2, -0.15) is 0 Å². The molecule has 6 nitrogen and oxygen atoms in total. The van der Waals surface area contributed by atoms with Gasteiger partial charge in [0, 0.05) is 24.5 Å². The van der Waals surface area contributed by atoms with Crippen LogP contribution in [0, 0.1) is 0 Å². The van der Waals surface area contributed by atoms with Crippen LogP contribution in [-0.2, 0) is 27.3 Å². The van der Waals surface area contributed by atoms with Gasteiger partial charge in [0.05, 0.1) is 13.7 Å². The van der Waals surface area contributed by atoms with E-state index in [-0.39, 0.29) is 12.4 Å². The second-order valence-electron chi connectivity index (χ2n) is 6.08. The van der Waals surface area contributed by atoms with E-state index >= 15 is 0 Å². The van der Waals surface area contributed by atoms with Crippen molar-refractivity contribution in [1.29, 1.82) is 0 Å². The molecular weight excluding hydrogens is 346 g/mol. The number of nitrogens with one attached hydrogen (secondary N) is 1. The van der Waals surface area contributed by atoms with Crippen LogP contribution in [0.15, 0.2) is 59.0 Å². The maximum Gasteiger partial charge on any atom is 0.328 e. The molecule has 6 heteroatoms. The van der Waals surface area contributed by atoms with E-state index in [1.807, 2.05) is 48.5 Å². The molecule has 2 aromatic carbocycles. The van der Waals surface area contributed by atoms with Crippen LogP contribution >= 0.6 is 0 Å². The van der Waals surface area contributed by atoms with Gasteiger partial charge < -0.3 is 19.2 Å². The Morgan fingerprint density at radius 3 is 2.44 bits per heavy atom. The van der Waals surface area contributed by atoms with Gasteiger partial charge in [-0.05, 0) is 11.6 Å². The quantitative estimate of drug-likeness (QED) is 0.649. The topological polar surface area (TPSA) is 77.8 Å². The molecule has 1 aromatic heterocycles. The predicted molar refractivity (Wildman–Crippen MR) is 100 cm³/mol. The maximum atomic E-state index is 12.9. The van der Waals surface area contributed by atoms with Gasteiger partial charge in [0.15, 0.2) is 5.76 Å². The van der Waals surface area contributed by atoms with Crippen molar-refractivity contribution in [2.75, 3.05) is 14.2 Å². The normalized spacial score (nSPS) is 11.9. The largest absolute Gasteiger partial charge is 0.467 e. The van der Waals surface area contributed by atoms with Gasteiger partial charge in [-0.3, -0.25) is 4.79 Å². The fourth-order valence-electron chi connectivity index (χ4n) is 2.98. The third-order valence-corrected chi connectivity index (χ3v) is 4.27. The van der Waals surface area contributed by atoms with Gasteiger partial charge in [-0.25, -0.2) is 4.79 Å². The van der Waals surface area contributed by atoms with Crippen molar-refractivity contribution in [1.82, 2.24) is 5.32 Å². The molecule has 0 fully saturated rings. The van der Waals surface area contributed by atoms with Gasteiger partial charge >= 0.3 is 5.97 Å². The Kier molecular flexibility index (Phi) is 5.88. The number of ether oxygens (including phenoxy) is 2. The number of carbonyl (C=O) groups excluding carboxylic acids is 2. The highest BCUT2D eigenvalue weighted by molar-refractivity contribution is 6.00. The van der Waals surface area contributed by atoms with Crippen molar-refractivity contribution in [3.8, 4) is 0 Å². The van der Waals surface area contributed by atoms with E-state index < -0.39 is 17.9 Å². The lowest BCUT2D eigenvalue weighted by atomic mass is 10.1. The van der Waals surface area contributed by atoms with Gasteiger partial charge in [-0.15, -0.1) is 0 Å². The van der Waals surface area contributed by atoms with E-state index in [9.17, 15) is 9.59 Å². The second-order valence-corrected chi connectivity index (χ2v) is 6.08. The molecule has 0 bridgehead atoms. The summed E-state index contributed by atoms with van der Waals surface area (Å²) in [7, 11) is 2.85. The zero-order valence-corrected chi connectivity index (χ0v) is 15.2. The van der Waals surface area contributed by atoms with E-state index in [0.29, 0.717) is 17.6 Å². The monoisotopic (exact) mass is 367 g/mol. The highest BCUT2D eigenvalue weighted by Gasteiger charge is 2.27. The molecule has 1 amide bonds. The van der Waals surface area contributed by atoms with Gasteiger partial charge in [0.25, 0.3) is 5.91 Å². The summed E-state index contributed by atoms with van der Waals surface area (Å²) in [5.41, 5.74) is 2.15. The molecule has 1 N–H and O–H groups in total. The first-order chi connectivity index (χ1) is 13.1. The molecular formula is C21H21NO5. The van der Waals surface area contributed by atoms with E-state index in [0.717, 1.165) is 10.9 Å². The number of methoxy groups -OCH3 is 2. The fraction of sp³-hybridized carbons (Fsp3) is 0.238. The lowest BCUT2D eigenvalue weighted by Crippen LogP contribution is -2.43. The number of amides is 1. The fourth-order valence-corrected chi connectivity index (χ4v) is 2.98. The second kappa shape index (κ2) is 8.51. The molecule has 0 spiro atoms. The zero-order chi connectivity index (χ0) is 19.2. The molecule has 1 atom stereocenters. The molecule has 3 aromatic rings. The molecule has 0 radical (unpaired) electrons. The maximum absolute atomic E-state index is 12.9. The van der Waals surface area contributed by atoms with Crippen LogP contribution in [0.3, 0.4) is 0 Å². The summed E-state index contributed by atoms with van der Waals surface area (Å²) in [5, 5.41) is 3.54. The molecule has 1 heterocycles. The molecule has 140 valence electrons. The molecule has 27 heavy (non-hydrogen) atoms. The summed E-state index contributed by atoms with van der Waals surface area (Å²) in [4.78, 5) is 25.0. The summed E-state index contributed by atoms with van der Waals surface area (Å²) in [5.74, 6) is -0.860. The number of benzene rings is 2. The van der Waals surface area contributed by atoms with Gasteiger partial charge in [0.2, 0.25) is 0 Å². The Morgan fingerprint density at radius 1 is 1.04 bits per heavy atom. The smallest absolute Gasteiger partial charge is 0.328 e. The standard InChI is InChI=1S/C21H21NO5/c1-25-13-16-15-10-6-7-11-18(15)27-19(16)20(23)22-17(21(24)26-2)12-14-8-4-3-5-9-14/h3-11,17H,12-13H2,1-2H3,(H,22,23)/t17-/m0/s1. The van der Waals surface area contributed by atoms with Crippen LogP contribution < -0.4 is 5.32 Å². The van der Waals surface area contributed by atoms with Gasteiger partial charge in [-0.1, -0.05) is 48.5 Å². The highest BCUT2D eigenvalue weighted by Crippen LogP contribution is 2.26. The number of para-hydroxylation sites is 1. The number of furan rings is 1. The molecule has 0 aliphatic heterocycles. The van der Waals surface area contributed by atoms with Crippen LogP contribution in [0.2, 0.25) is 0 Å². The number of hydrogen-bond donors (Lipinski definition) is 1. The highest BCUT2D eigenvalue weighted by atomic mass is 16.5. The first kappa shape index (κ1) is 18.7. The van der Waals surface area contributed by atoms with Crippen LogP contribution in [0.4, 0.5) is 0 Å². The van der Waals surface area contributed by atoms with Crippen molar-refractivity contribution in [3.05, 3.63) is 71.5 Å². The number of rotatable bonds is 7. The van der Waals surface area contributed by atoms with Crippen LogP contribution in [0.5, 0.6) is 0 Å². The number of fused-ring (bicyclic) bond motifs is 1. The molecule has 3 rings (SSSR count). The minimum Gasteiger partial charge on any atom is -0.467 e. The summed E-state index contributed by atoms with van der Waals surface area (Å²) in [6.07, 6.45) is 0.319. The number of hydrogen-bond acceptors (Lipinski definition) is 5. The lowest BCUT2D eigenvalue weighted by Gasteiger charge is -2.16. The predicted octanol–water partition coefficient (Wildman–Crippen LogP) is 3.09. The Bertz CT molecular complexity index is 932. The van der Waals surface area contributed by atoms with E-state index in [1.165, 1.54) is 7.11 Å². The van der Waals surface area contributed by atoms with E-state index in [2.05, 4.69) is 5.32 Å². The van der Waals surface area contributed by atoms with Crippen molar-refractivity contribution >= 4 is 22.8 Å². The lowest BCUT2D eigenvalue weighted by molar-refractivity contribution is -0.142. The minimum atomic E-state index is -0.825. The molecule has 0 aliphatic rings. The third-order valence-electron chi connectivity index (χ3n) is 4.27. The third kappa shape index (κ3) is 4.17. The van der Waals surface area contributed by atoms with E-state index in [1.54, 1.807) is 13.2 Å². The zero-order valence-electron chi connectivity index (χ0n) is 15.2. The molecule has 0 saturated carbocycles. The summed E-state index contributed by atoms with van der Waals surface area (Å²) >= 11 is 0. The summed E-state index contributed by atoms with van der Waals surface area (Å²) in [6, 6.07) is 15.9. The van der Waals surface area contributed by atoms with Crippen molar-refractivity contribution in [3.63, 3.8) is 0 Å². The van der Waals surface area contributed by atoms with Gasteiger partial charge in [0.1, 0.15) is 11.6 Å². The summed E-state index contributed by atoms with van der Waals surface area (Å²) < 4.78 is 15.8. The first-order valence-electron chi connectivity index (χ1n) is 8.56. The van der Waals surface area contributed by atoms with Crippen molar-refractivity contribution < 1.29 is 23.5 Å².